The predicted octanol–water partition coefficient (Wildman–Crippen LogP) is 0.750. The number of carbonyl (C=O) groups excluding carboxylic acids is 2. The number of carbonyl (C=O) groups is 2. The summed E-state index contributed by atoms with van der Waals surface area (Å²) >= 11 is 0. The van der Waals surface area contributed by atoms with Gasteiger partial charge in [-0.25, -0.2) is 9.78 Å². The molecule has 0 saturated carbocycles. The lowest BCUT2D eigenvalue weighted by Crippen LogP contribution is -2.39. The van der Waals surface area contributed by atoms with Crippen molar-refractivity contribution in [1.29, 1.82) is 0 Å². The molecule has 2 heterocycles. The van der Waals surface area contributed by atoms with Crippen molar-refractivity contribution in [3.05, 3.63) is 24.4 Å². The Morgan fingerprint density at radius 1 is 1.56 bits per heavy atom. The van der Waals surface area contributed by atoms with Crippen LogP contribution in [0.15, 0.2) is 24.4 Å². The average molecular weight is 220 g/mol. The molecule has 84 valence electrons. The second-order valence-corrected chi connectivity index (χ2v) is 3.53. The monoisotopic (exact) mass is 220 g/mol. The van der Waals surface area contributed by atoms with E-state index in [4.69, 9.17) is 0 Å². The van der Waals surface area contributed by atoms with E-state index >= 15 is 0 Å². The number of methoxy groups -OCH3 is 1. The van der Waals surface area contributed by atoms with Gasteiger partial charge in [-0.05, 0) is 18.6 Å². The molecule has 1 fully saturated rings. The summed E-state index contributed by atoms with van der Waals surface area (Å²) < 4.78 is 4.67. The molecule has 1 aliphatic rings. The highest BCUT2D eigenvalue weighted by Gasteiger charge is 2.38. The minimum Gasteiger partial charge on any atom is -0.467 e. The SMILES string of the molecule is COC(=O)C1CCC(=O)N1c1ccccn1. The van der Waals surface area contributed by atoms with E-state index in [2.05, 4.69) is 9.72 Å². The van der Waals surface area contributed by atoms with Crippen molar-refractivity contribution in [2.75, 3.05) is 12.0 Å². The summed E-state index contributed by atoms with van der Waals surface area (Å²) in [5.41, 5.74) is 0. The van der Waals surface area contributed by atoms with Crippen molar-refractivity contribution in [1.82, 2.24) is 4.98 Å². The zero-order valence-corrected chi connectivity index (χ0v) is 8.92. The van der Waals surface area contributed by atoms with Gasteiger partial charge in [0.05, 0.1) is 7.11 Å². The van der Waals surface area contributed by atoms with E-state index < -0.39 is 12.0 Å². The molecule has 5 heteroatoms. The number of hydrogen-bond acceptors (Lipinski definition) is 4. The molecule has 1 aliphatic heterocycles. The lowest BCUT2D eigenvalue weighted by Gasteiger charge is -2.21. The Morgan fingerprint density at radius 2 is 2.38 bits per heavy atom. The highest BCUT2D eigenvalue weighted by Crippen LogP contribution is 2.25. The Labute approximate surface area is 93.0 Å². The molecule has 0 aromatic carbocycles. The van der Waals surface area contributed by atoms with Gasteiger partial charge in [-0.2, -0.15) is 0 Å². The molecule has 0 radical (unpaired) electrons. The maximum Gasteiger partial charge on any atom is 0.329 e. The van der Waals surface area contributed by atoms with E-state index in [1.54, 1.807) is 24.4 Å². The molecular weight excluding hydrogens is 208 g/mol. The first-order valence-corrected chi connectivity index (χ1v) is 5.05. The van der Waals surface area contributed by atoms with E-state index in [1.165, 1.54) is 12.0 Å². The Morgan fingerprint density at radius 3 is 3.00 bits per heavy atom. The molecule has 1 saturated heterocycles. The predicted molar refractivity (Wildman–Crippen MR) is 56.8 cm³/mol. The summed E-state index contributed by atoms with van der Waals surface area (Å²) in [6, 6.07) is 4.71. The van der Waals surface area contributed by atoms with E-state index in [0.29, 0.717) is 18.7 Å². The minimum absolute atomic E-state index is 0.0888. The van der Waals surface area contributed by atoms with Gasteiger partial charge in [0, 0.05) is 12.6 Å². The third-order valence-corrected chi connectivity index (χ3v) is 2.58. The van der Waals surface area contributed by atoms with Gasteiger partial charge in [-0.1, -0.05) is 6.07 Å². The quantitative estimate of drug-likeness (QED) is 0.690. The number of hydrogen-bond donors (Lipinski definition) is 0. The van der Waals surface area contributed by atoms with Gasteiger partial charge in [0.15, 0.2) is 0 Å². The fourth-order valence-corrected chi connectivity index (χ4v) is 1.83. The van der Waals surface area contributed by atoms with Crippen molar-refractivity contribution in [2.45, 2.75) is 18.9 Å². The summed E-state index contributed by atoms with van der Waals surface area (Å²) in [7, 11) is 1.32. The molecule has 2 rings (SSSR count). The Hall–Kier alpha value is -1.91. The number of ether oxygens (including phenoxy) is 1. The van der Waals surface area contributed by atoms with Crippen LogP contribution in [-0.4, -0.2) is 30.0 Å². The normalized spacial score (nSPS) is 19.9. The highest BCUT2D eigenvalue weighted by molar-refractivity contribution is 6.01. The van der Waals surface area contributed by atoms with Crippen LogP contribution in [0.2, 0.25) is 0 Å². The Balaban J connectivity index is 2.30. The van der Waals surface area contributed by atoms with Crippen LogP contribution in [0.3, 0.4) is 0 Å². The zero-order chi connectivity index (χ0) is 11.5. The number of esters is 1. The van der Waals surface area contributed by atoms with Gasteiger partial charge in [0.1, 0.15) is 11.9 Å². The fourth-order valence-electron chi connectivity index (χ4n) is 1.83. The first-order chi connectivity index (χ1) is 7.74. The molecule has 5 nitrogen and oxygen atoms in total. The molecule has 1 aromatic rings. The van der Waals surface area contributed by atoms with E-state index in [0.717, 1.165) is 0 Å². The fraction of sp³-hybridized carbons (Fsp3) is 0.364. The molecule has 1 unspecified atom stereocenters. The summed E-state index contributed by atoms with van der Waals surface area (Å²) in [6.07, 6.45) is 2.44. The summed E-state index contributed by atoms with van der Waals surface area (Å²) in [5.74, 6) is 0.0194. The average Bonchev–Trinajstić information content (AvgIpc) is 2.71. The molecule has 1 aromatic heterocycles. The van der Waals surface area contributed by atoms with Crippen molar-refractivity contribution in [3.63, 3.8) is 0 Å². The molecule has 16 heavy (non-hydrogen) atoms. The van der Waals surface area contributed by atoms with Crippen LogP contribution in [-0.2, 0) is 14.3 Å². The lowest BCUT2D eigenvalue weighted by atomic mass is 10.2. The third kappa shape index (κ3) is 1.76. The van der Waals surface area contributed by atoms with Crippen LogP contribution in [0.5, 0.6) is 0 Å². The molecule has 0 aliphatic carbocycles. The van der Waals surface area contributed by atoms with Crippen molar-refractivity contribution in [2.24, 2.45) is 0 Å². The number of nitrogens with zero attached hydrogens (tertiary/aromatic N) is 2. The molecule has 0 bridgehead atoms. The zero-order valence-electron chi connectivity index (χ0n) is 8.92. The van der Waals surface area contributed by atoms with Crippen LogP contribution < -0.4 is 4.90 Å². The third-order valence-electron chi connectivity index (χ3n) is 2.58. The first-order valence-electron chi connectivity index (χ1n) is 5.05. The number of anilines is 1. The van der Waals surface area contributed by atoms with Crippen molar-refractivity contribution in [3.8, 4) is 0 Å². The first kappa shape index (κ1) is 10.6. The summed E-state index contributed by atoms with van der Waals surface area (Å²) in [4.78, 5) is 28.7. The molecule has 1 amide bonds. The number of pyridine rings is 1. The lowest BCUT2D eigenvalue weighted by molar-refractivity contribution is -0.142. The largest absolute Gasteiger partial charge is 0.467 e. The van der Waals surface area contributed by atoms with Crippen molar-refractivity contribution >= 4 is 17.7 Å². The molecular formula is C11H12N2O3. The summed E-state index contributed by atoms with van der Waals surface area (Å²) in [5, 5.41) is 0. The summed E-state index contributed by atoms with van der Waals surface area (Å²) in [6.45, 7) is 0. The smallest absolute Gasteiger partial charge is 0.329 e. The topological polar surface area (TPSA) is 59.5 Å². The maximum absolute atomic E-state index is 11.7. The second-order valence-electron chi connectivity index (χ2n) is 3.53. The van der Waals surface area contributed by atoms with Gasteiger partial charge in [-0.3, -0.25) is 9.69 Å². The maximum atomic E-state index is 11.7. The second kappa shape index (κ2) is 4.30. The van der Waals surface area contributed by atoms with Gasteiger partial charge >= 0.3 is 5.97 Å². The standard InChI is InChI=1S/C11H12N2O3/c1-16-11(15)8-5-6-10(14)13(8)9-4-2-3-7-12-9/h2-4,7-8H,5-6H2,1H3. The molecule has 1 atom stereocenters. The molecule has 0 N–H and O–H groups in total. The minimum atomic E-state index is -0.535. The van der Waals surface area contributed by atoms with Crippen LogP contribution in [0.4, 0.5) is 5.82 Å². The number of aromatic nitrogens is 1. The van der Waals surface area contributed by atoms with Gasteiger partial charge in [0.25, 0.3) is 0 Å². The highest BCUT2D eigenvalue weighted by atomic mass is 16.5. The van der Waals surface area contributed by atoms with E-state index in [1.807, 2.05) is 0 Å². The number of rotatable bonds is 2. The van der Waals surface area contributed by atoms with E-state index in [-0.39, 0.29) is 5.91 Å². The van der Waals surface area contributed by atoms with Crippen LogP contribution >= 0.6 is 0 Å². The van der Waals surface area contributed by atoms with Crippen molar-refractivity contribution < 1.29 is 14.3 Å². The molecule has 0 spiro atoms. The van der Waals surface area contributed by atoms with Gasteiger partial charge < -0.3 is 4.74 Å². The Kier molecular flexibility index (Phi) is 2.85. The van der Waals surface area contributed by atoms with Crippen LogP contribution in [0.1, 0.15) is 12.8 Å². The van der Waals surface area contributed by atoms with E-state index in [9.17, 15) is 9.59 Å². The van der Waals surface area contributed by atoms with Crippen LogP contribution in [0, 0.1) is 0 Å². The Bertz CT molecular complexity index is 405. The van der Waals surface area contributed by atoms with Gasteiger partial charge in [-0.15, -0.1) is 0 Å². The van der Waals surface area contributed by atoms with Gasteiger partial charge in [0.2, 0.25) is 5.91 Å². The van der Waals surface area contributed by atoms with Crippen LogP contribution in [0.25, 0.3) is 0 Å². The number of amides is 1.